The predicted octanol–water partition coefficient (Wildman–Crippen LogP) is 1.41. The first-order valence-corrected chi connectivity index (χ1v) is 4.05. The molecule has 0 amide bonds. The van der Waals surface area contributed by atoms with Crippen molar-refractivity contribution in [1.82, 2.24) is 4.98 Å². The molecule has 2 nitrogen and oxygen atoms in total. The molecular weight excluding hydrogens is 146 g/mol. The molecule has 0 atom stereocenters. The molecule has 1 heterocycles. The second-order valence-electron chi connectivity index (χ2n) is 2.88. The van der Waals surface area contributed by atoms with Gasteiger partial charge in [-0.2, -0.15) is 0 Å². The minimum absolute atomic E-state index is 0.153. The summed E-state index contributed by atoms with van der Waals surface area (Å²) >= 11 is 1.58. The van der Waals surface area contributed by atoms with Crippen molar-refractivity contribution in [2.75, 3.05) is 6.61 Å². The van der Waals surface area contributed by atoms with Crippen LogP contribution in [0.5, 0.6) is 0 Å². The summed E-state index contributed by atoms with van der Waals surface area (Å²) in [5.74, 6) is 0. The van der Waals surface area contributed by atoms with Gasteiger partial charge in [-0.25, -0.2) is 4.98 Å². The van der Waals surface area contributed by atoms with Gasteiger partial charge < -0.3 is 5.11 Å². The van der Waals surface area contributed by atoms with E-state index >= 15 is 0 Å². The Morgan fingerprint density at radius 3 is 2.80 bits per heavy atom. The summed E-state index contributed by atoms with van der Waals surface area (Å²) < 4.78 is 0. The molecule has 10 heavy (non-hydrogen) atoms. The van der Waals surface area contributed by atoms with E-state index in [1.54, 1.807) is 17.5 Å². The van der Waals surface area contributed by atoms with Crippen LogP contribution in [0.2, 0.25) is 0 Å². The number of aromatic nitrogens is 1. The number of hydrogen-bond acceptors (Lipinski definition) is 3. The SMILES string of the molecule is CC(C)(CO)c1nccs1. The number of aliphatic hydroxyl groups excluding tert-OH is 1. The van der Waals surface area contributed by atoms with Crippen molar-refractivity contribution in [3.8, 4) is 0 Å². The molecule has 1 rings (SSSR count). The molecule has 0 spiro atoms. The van der Waals surface area contributed by atoms with Gasteiger partial charge >= 0.3 is 0 Å². The Hall–Kier alpha value is -0.410. The first-order chi connectivity index (χ1) is 4.67. The smallest absolute Gasteiger partial charge is 0.100 e. The van der Waals surface area contributed by atoms with Crippen LogP contribution in [-0.2, 0) is 5.41 Å². The van der Waals surface area contributed by atoms with Crippen molar-refractivity contribution in [3.63, 3.8) is 0 Å². The lowest BCUT2D eigenvalue weighted by Crippen LogP contribution is -2.21. The summed E-state index contributed by atoms with van der Waals surface area (Å²) in [6.45, 7) is 4.11. The molecule has 3 heteroatoms. The van der Waals surface area contributed by atoms with E-state index in [1.807, 2.05) is 19.2 Å². The van der Waals surface area contributed by atoms with Gasteiger partial charge in [-0.15, -0.1) is 11.3 Å². The molecule has 0 aliphatic carbocycles. The number of nitrogens with zero attached hydrogens (tertiary/aromatic N) is 1. The molecule has 0 aliphatic heterocycles. The Labute approximate surface area is 64.5 Å². The third kappa shape index (κ3) is 1.36. The maximum Gasteiger partial charge on any atom is 0.100 e. The van der Waals surface area contributed by atoms with Crippen LogP contribution in [0, 0.1) is 0 Å². The van der Waals surface area contributed by atoms with Crippen LogP contribution in [0.25, 0.3) is 0 Å². The Bertz CT molecular complexity index is 193. The lowest BCUT2D eigenvalue weighted by atomic mass is 9.96. The number of hydrogen-bond donors (Lipinski definition) is 1. The van der Waals surface area contributed by atoms with Gasteiger partial charge in [0.15, 0.2) is 0 Å². The van der Waals surface area contributed by atoms with Crippen LogP contribution in [0.4, 0.5) is 0 Å². The van der Waals surface area contributed by atoms with Crippen LogP contribution in [-0.4, -0.2) is 16.7 Å². The van der Waals surface area contributed by atoms with Crippen molar-refractivity contribution in [3.05, 3.63) is 16.6 Å². The Morgan fingerprint density at radius 1 is 1.70 bits per heavy atom. The van der Waals surface area contributed by atoms with Crippen molar-refractivity contribution in [1.29, 1.82) is 0 Å². The van der Waals surface area contributed by atoms with Crippen molar-refractivity contribution < 1.29 is 5.11 Å². The van der Waals surface area contributed by atoms with Gasteiger partial charge in [-0.1, -0.05) is 13.8 Å². The molecular formula is C7H11NOS. The van der Waals surface area contributed by atoms with Crippen LogP contribution in [0.15, 0.2) is 11.6 Å². The fourth-order valence-corrected chi connectivity index (χ4v) is 1.38. The number of rotatable bonds is 2. The summed E-state index contributed by atoms with van der Waals surface area (Å²) in [6.07, 6.45) is 1.76. The molecule has 1 aromatic heterocycles. The zero-order chi connectivity index (χ0) is 7.61. The van der Waals surface area contributed by atoms with Gasteiger partial charge in [0.1, 0.15) is 5.01 Å². The summed E-state index contributed by atoms with van der Waals surface area (Å²) in [6, 6.07) is 0. The monoisotopic (exact) mass is 157 g/mol. The maximum absolute atomic E-state index is 8.93. The minimum atomic E-state index is -0.172. The van der Waals surface area contributed by atoms with Gasteiger partial charge in [0.05, 0.1) is 6.61 Å². The molecule has 1 N–H and O–H groups in total. The quantitative estimate of drug-likeness (QED) is 0.704. The van der Waals surface area contributed by atoms with Gasteiger partial charge in [0, 0.05) is 17.0 Å². The normalized spacial score (nSPS) is 11.9. The Balaban J connectivity index is 2.85. The van der Waals surface area contributed by atoms with E-state index in [4.69, 9.17) is 5.11 Å². The van der Waals surface area contributed by atoms with Crippen molar-refractivity contribution in [2.45, 2.75) is 19.3 Å². The van der Waals surface area contributed by atoms with Crippen molar-refractivity contribution >= 4 is 11.3 Å². The molecule has 0 fully saturated rings. The molecule has 0 aliphatic rings. The van der Waals surface area contributed by atoms with Gasteiger partial charge in [-0.05, 0) is 0 Å². The topological polar surface area (TPSA) is 33.1 Å². The second kappa shape index (κ2) is 2.68. The fourth-order valence-electron chi connectivity index (χ4n) is 0.625. The zero-order valence-electron chi connectivity index (χ0n) is 6.16. The molecule has 0 bridgehead atoms. The summed E-state index contributed by atoms with van der Waals surface area (Å²) in [4.78, 5) is 4.12. The van der Waals surface area contributed by atoms with E-state index in [9.17, 15) is 0 Å². The summed E-state index contributed by atoms with van der Waals surface area (Å²) in [7, 11) is 0. The standard InChI is InChI=1S/C7H11NOS/c1-7(2,5-9)6-8-3-4-10-6/h3-4,9H,5H2,1-2H3. The highest BCUT2D eigenvalue weighted by Crippen LogP contribution is 2.23. The highest BCUT2D eigenvalue weighted by atomic mass is 32.1. The van der Waals surface area contributed by atoms with Crippen LogP contribution >= 0.6 is 11.3 Å². The molecule has 0 saturated carbocycles. The van der Waals surface area contributed by atoms with E-state index in [-0.39, 0.29) is 12.0 Å². The number of aliphatic hydroxyl groups is 1. The minimum Gasteiger partial charge on any atom is -0.395 e. The third-order valence-corrected chi connectivity index (χ3v) is 2.55. The molecule has 1 aromatic rings. The third-order valence-electron chi connectivity index (χ3n) is 1.41. The van der Waals surface area contributed by atoms with E-state index in [1.165, 1.54) is 0 Å². The number of thiazole rings is 1. The highest BCUT2D eigenvalue weighted by Gasteiger charge is 2.21. The predicted molar refractivity (Wildman–Crippen MR) is 42.2 cm³/mol. The zero-order valence-corrected chi connectivity index (χ0v) is 6.98. The van der Waals surface area contributed by atoms with Crippen LogP contribution in [0.3, 0.4) is 0 Å². The lowest BCUT2D eigenvalue weighted by Gasteiger charge is -2.17. The molecule has 0 unspecified atom stereocenters. The molecule has 0 saturated heterocycles. The first kappa shape index (κ1) is 7.69. The maximum atomic E-state index is 8.93. The molecule has 0 radical (unpaired) electrons. The average Bonchev–Trinajstić information content (AvgIpc) is 2.38. The summed E-state index contributed by atoms with van der Waals surface area (Å²) in [5, 5.41) is 11.9. The van der Waals surface area contributed by atoms with E-state index in [2.05, 4.69) is 4.98 Å². The van der Waals surface area contributed by atoms with Gasteiger partial charge in [-0.3, -0.25) is 0 Å². The van der Waals surface area contributed by atoms with E-state index in [0.717, 1.165) is 5.01 Å². The second-order valence-corrected chi connectivity index (χ2v) is 3.77. The van der Waals surface area contributed by atoms with Gasteiger partial charge in [0.25, 0.3) is 0 Å². The van der Waals surface area contributed by atoms with Gasteiger partial charge in [0.2, 0.25) is 0 Å². The van der Waals surface area contributed by atoms with Crippen LogP contribution in [0.1, 0.15) is 18.9 Å². The molecule has 56 valence electrons. The van der Waals surface area contributed by atoms with E-state index < -0.39 is 0 Å². The largest absolute Gasteiger partial charge is 0.395 e. The summed E-state index contributed by atoms with van der Waals surface area (Å²) in [5.41, 5.74) is -0.172. The van der Waals surface area contributed by atoms with Crippen LogP contribution < -0.4 is 0 Å². The first-order valence-electron chi connectivity index (χ1n) is 3.17. The Morgan fingerprint density at radius 2 is 2.40 bits per heavy atom. The lowest BCUT2D eigenvalue weighted by molar-refractivity contribution is 0.218. The highest BCUT2D eigenvalue weighted by molar-refractivity contribution is 7.09. The van der Waals surface area contributed by atoms with E-state index in [0.29, 0.717) is 0 Å². The average molecular weight is 157 g/mol. The van der Waals surface area contributed by atoms with Crippen molar-refractivity contribution in [2.24, 2.45) is 0 Å². The Kier molecular flexibility index (Phi) is 2.06. The molecule has 0 aromatic carbocycles. The fraction of sp³-hybridized carbons (Fsp3) is 0.571.